The summed E-state index contributed by atoms with van der Waals surface area (Å²) < 4.78 is 10.4. The highest BCUT2D eigenvalue weighted by Crippen LogP contribution is 2.27. The zero-order valence-corrected chi connectivity index (χ0v) is 14.0. The van der Waals surface area contributed by atoms with Crippen LogP contribution in [0.4, 0.5) is 0 Å². The van der Waals surface area contributed by atoms with E-state index in [1.54, 1.807) is 14.2 Å². The van der Waals surface area contributed by atoms with Gasteiger partial charge in [-0.3, -0.25) is 4.79 Å². The van der Waals surface area contributed by atoms with Gasteiger partial charge in [0.2, 0.25) is 5.91 Å². The molecule has 0 aliphatic heterocycles. The smallest absolute Gasteiger partial charge is 0.224 e. The number of methoxy groups -OCH3 is 2. The van der Waals surface area contributed by atoms with E-state index in [0.29, 0.717) is 23.8 Å². The van der Waals surface area contributed by atoms with E-state index >= 15 is 0 Å². The summed E-state index contributed by atoms with van der Waals surface area (Å²) in [4.78, 5) is 12.0. The van der Waals surface area contributed by atoms with Crippen molar-refractivity contribution in [2.75, 3.05) is 19.5 Å². The number of ether oxygens (including phenoxy) is 2. The highest BCUT2D eigenvalue weighted by atomic mass is 79.9. The summed E-state index contributed by atoms with van der Waals surface area (Å²) in [6.07, 6.45) is 0.333. The molecule has 20 heavy (non-hydrogen) atoms. The lowest BCUT2D eigenvalue weighted by Crippen LogP contribution is -2.38. The molecule has 5 heteroatoms. The standard InChI is InChI=1S/C15H22BrNO3/c1-10(9-16)11(2)17-15(18)8-12-5-6-13(19-3)14(7-12)20-4/h5-7,10-11H,8-9H2,1-4H3,(H,17,18). The molecule has 1 N–H and O–H groups in total. The fourth-order valence-corrected chi connectivity index (χ4v) is 2.32. The SMILES string of the molecule is COc1ccc(CC(=O)NC(C)C(C)CBr)cc1OC. The molecule has 0 saturated heterocycles. The Kier molecular flexibility index (Phi) is 6.85. The van der Waals surface area contributed by atoms with Crippen molar-refractivity contribution >= 4 is 21.8 Å². The van der Waals surface area contributed by atoms with Crippen molar-refractivity contribution in [1.82, 2.24) is 5.32 Å². The van der Waals surface area contributed by atoms with Gasteiger partial charge in [0.25, 0.3) is 0 Å². The van der Waals surface area contributed by atoms with Crippen LogP contribution in [0.3, 0.4) is 0 Å². The first-order chi connectivity index (χ1) is 9.51. The van der Waals surface area contributed by atoms with Crippen LogP contribution in [-0.2, 0) is 11.2 Å². The highest BCUT2D eigenvalue weighted by molar-refractivity contribution is 9.09. The topological polar surface area (TPSA) is 47.6 Å². The van der Waals surface area contributed by atoms with Gasteiger partial charge in [-0.25, -0.2) is 0 Å². The van der Waals surface area contributed by atoms with Crippen molar-refractivity contribution in [3.8, 4) is 11.5 Å². The first-order valence-electron chi connectivity index (χ1n) is 6.58. The highest BCUT2D eigenvalue weighted by Gasteiger charge is 2.14. The third kappa shape index (κ3) is 4.71. The third-order valence-electron chi connectivity index (χ3n) is 3.30. The second-order valence-electron chi connectivity index (χ2n) is 4.85. The molecule has 1 aromatic carbocycles. The van der Waals surface area contributed by atoms with E-state index in [4.69, 9.17) is 9.47 Å². The number of hydrogen-bond acceptors (Lipinski definition) is 3. The van der Waals surface area contributed by atoms with Crippen molar-refractivity contribution in [3.63, 3.8) is 0 Å². The molecule has 0 bridgehead atoms. The van der Waals surface area contributed by atoms with Crippen LogP contribution in [0.15, 0.2) is 18.2 Å². The molecule has 2 atom stereocenters. The van der Waals surface area contributed by atoms with Crippen molar-refractivity contribution in [1.29, 1.82) is 0 Å². The van der Waals surface area contributed by atoms with Gasteiger partial charge in [0.05, 0.1) is 20.6 Å². The number of carbonyl (C=O) groups is 1. The number of alkyl halides is 1. The Hall–Kier alpha value is -1.23. The third-order valence-corrected chi connectivity index (χ3v) is 4.32. The minimum absolute atomic E-state index is 0.0116. The number of hydrogen-bond donors (Lipinski definition) is 1. The zero-order valence-electron chi connectivity index (χ0n) is 12.4. The van der Waals surface area contributed by atoms with Crippen LogP contribution in [0, 0.1) is 5.92 Å². The summed E-state index contributed by atoms with van der Waals surface area (Å²) in [5, 5.41) is 3.87. The summed E-state index contributed by atoms with van der Waals surface area (Å²) >= 11 is 3.43. The van der Waals surface area contributed by atoms with Crippen LogP contribution in [-0.4, -0.2) is 31.5 Å². The molecular formula is C15H22BrNO3. The quantitative estimate of drug-likeness (QED) is 0.774. The van der Waals surface area contributed by atoms with Crippen molar-refractivity contribution in [2.24, 2.45) is 5.92 Å². The minimum atomic E-state index is 0.0116. The molecular weight excluding hydrogens is 322 g/mol. The molecule has 0 saturated carbocycles. The van der Waals surface area contributed by atoms with Crippen LogP contribution in [0.5, 0.6) is 11.5 Å². The number of halogens is 1. The molecule has 1 rings (SSSR count). The van der Waals surface area contributed by atoms with Gasteiger partial charge < -0.3 is 14.8 Å². The van der Waals surface area contributed by atoms with E-state index < -0.39 is 0 Å². The monoisotopic (exact) mass is 343 g/mol. The van der Waals surface area contributed by atoms with E-state index in [9.17, 15) is 4.79 Å². The first-order valence-corrected chi connectivity index (χ1v) is 7.70. The lowest BCUT2D eigenvalue weighted by atomic mass is 10.1. The normalized spacial score (nSPS) is 13.4. The predicted molar refractivity (Wildman–Crippen MR) is 83.8 cm³/mol. The summed E-state index contributed by atoms with van der Waals surface area (Å²) in [5.41, 5.74) is 0.902. The summed E-state index contributed by atoms with van der Waals surface area (Å²) in [6, 6.07) is 5.66. The predicted octanol–water partition coefficient (Wildman–Crippen LogP) is 2.78. The Bertz CT molecular complexity index is 451. The number of amides is 1. The van der Waals surface area contributed by atoms with Crippen molar-refractivity contribution in [2.45, 2.75) is 26.3 Å². The van der Waals surface area contributed by atoms with E-state index in [-0.39, 0.29) is 11.9 Å². The summed E-state index contributed by atoms with van der Waals surface area (Å²) in [7, 11) is 3.18. The summed E-state index contributed by atoms with van der Waals surface area (Å²) in [6.45, 7) is 4.11. The molecule has 4 nitrogen and oxygen atoms in total. The fraction of sp³-hybridized carbons (Fsp3) is 0.533. The molecule has 0 spiro atoms. The fourth-order valence-electron chi connectivity index (χ4n) is 1.76. The lowest BCUT2D eigenvalue weighted by Gasteiger charge is -2.19. The van der Waals surface area contributed by atoms with Crippen molar-refractivity contribution in [3.05, 3.63) is 23.8 Å². The van der Waals surface area contributed by atoms with Gasteiger partial charge in [0, 0.05) is 11.4 Å². The number of nitrogens with one attached hydrogen (secondary N) is 1. The van der Waals surface area contributed by atoms with Crippen LogP contribution in [0.2, 0.25) is 0 Å². The Morgan fingerprint density at radius 3 is 2.45 bits per heavy atom. The van der Waals surface area contributed by atoms with Gasteiger partial charge in [0.1, 0.15) is 0 Å². The molecule has 1 aromatic rings. The molecule has 0 aliphatic rings. The second kappa shape index (κ2) is 8.15. The number of rotatable bonds is 7. The minimum Gasteiger partial charge on any atom is -0.493 e. The lowest BCUT2D eigenvalue weighted by molar-refractivity contribution is -0.121. The van der Waals surface area contributed by atoms with Gasteiger partial charge in [-0.15, -0.1) is 0 Å². The van der Waals surface area contributed by atoms with E-state index in [0.717, 1.165) is 10.9 Å². The molecule has 0 aromatic heterocycles. The molecule has 2 unspecified atom stereocenters. The molecule has 112 valence electrons. The maximum Gasteiger partial charge on any atom is 0.224 e. The second-order valence-corrected chi connectivity index (χ2v) is 5.50. The number of benzene rings is 1. The van der Waals surface area contributed by atoms with Gasteiger partial charge in [-0.1, -0.05) is 28.9 Å². The number of carbonyl (C=O) groups excluding carboxylic acids is 1. The average molecular weight is 344 g/mol. The first kappa shape index (κ1) is 16.8. The Morgan fingerprint density at radius 1 is 1.25 bits per heavy atom. The van der Waals surface area contributed by atoms with Gasteiger partial charge >= 0.3 is 0 Å². The largest absolute Gasteiger partial charge is 0.493 e. The van der Waals surface area contributed by atoms with Gasteiger partial charge in [-0.2, -0.15) is 0 Å². The molecule has 0 fully saturated rings. The molecule has 0 heterocycles. The Labute approximate surface area is 129 Å². The van der Waals surface area contributed by atoms with Gasteiger partial charge in [0.15, 0.2) is 11.5 Å². The Morgan fingerprint density at radius 2 is 1.90 bits per heavy atom. The maximum absolute atomic E-state index is 12.0. The molecule has 1 amide bonds. The molecule has 0 aliphatic carbocycles. The maximum atomic E-state index is 12.0. The van der Waals surface area contributed by atoms with Crippen LogP contribution < -0.4 is 14.8 Å². The zero-order chi connectivity index (χ0) is 15.1. The summed E-state index contributed by atoms with van der Waals surface area (Å²) in [5.74, 6) is 1.71. The van der Waals surface area contributed by atoms with E-state index in [1.807, 2.05) is 25.1 Å². The van der Waals surface area contributed by atoms with Crippen LogP contribution >= 0.6 is 15.9 Å². The Balaban J connectivity index is 2.66. The van der Waals surface area contributed by atoms with Crippen LogP contribution in [0.25, 0.3) is 0 Å². The van der Waals surface area contributed by atoms with E-state index in [1.165, 1.54) is 0 Å². The average Bonchev–Trinajstić information content (AvgIpc) is 2.45. The van der Waals surface area contributed by atoms with Crippen molar-refractivity contribution < 1.29 is 14.3 Å². The van der Waals surface area contributed by atoms with Gasteiger partial charge in [-0.05, 0) is 30.5 Å². The van der Waals surface area contributed by atoms with E-state index in [2.05, 4.69) is 28.2 Å². The molecule has 0 radical (unpaired) electrons. The van der Waals surface area contributed by atoms with Crippen LogP contribution in [0.1, 0.15) is 19.4 Å².